The Balaban J connectivity index is 3.10. The Kier molecular flexibility index (Phi) is 6.63. The molecule has 1 unspecified atom stereocenters. The van der Waals surface area contributed by atoms with Gasteiger partial charge in [-0.3, -0.25) is 0 Å². The molecular weight excluding hydrogens is 136 g/mol. The van der Waals surface area contributed by atoms with Crippen LogP contribution in [0.25, 0.3) is 0 Å². The second kappa shape index (κ2) is 6.66. The fourth-order valence-electron chi connectivity index (χ4n) is 1.11. The largest absolute Gasteiger partial charge is 0.233 e. The van der Waals surface area contributed by atoms with Gasteiger partial charge in [0.15, 0.2) is 0 Å². The average Bonchev–Trinajstić information content (AvgIpc) is 1.97. The minimum Gasteiger partial charge on any atom is -0.233 e. The normalized spacial score (nSPS) is 13.9. The van der Waals surface area contributed by atoms with Crippen molar-refractivity contribution in [2.75, 3.05) is 0 Å². The molecule has 0 N–H and O–H groups in total. The lowest BCUT2D eigenvalue weighted by Gasteiger charge is -2.10. The second-order valence-corrected chi connectivity index (χ2v) is 3.63. The van der Waals surface area contributed by atoms with E-state index in [2.05, 4.69) is 6.92 Å². The molecule has 0 spiro atoms. The fourth-order valence-corrected chi connectivity index (χ4v) is 1.11. The highest BCUT2D eigenvalue weighted by Crippen LogP contribution is 2.11. The molecule has 0 aromatic heterocycles. The molecule has 1 atom stereocenters. The van der Waals surface area contributed by atoms with Gasteiger partial charge in [0.05, 0.1) is 6.10 Å². The minimum absolute atomic E-state index is 0.316. The highest BCUT2D eigenvalue weighted by Gasteiger charge is 2.09. The summed E-state index contributed by atoms with van der Waals surface area (Å²) < 4.78 is 0. The summed E-state index contributed by atoms with van der Waals surface area (Å²) in [7, 11) is 0. The topological polar surface area (TPSA) is 19.9 Å². The molecule has 1 radical (unpaired) electrons. The maximum absolute atomic E-state index is 11.2. The molecule has 0 aromatic rings. The molecular formula is C10H21O. The van der Waals surface area contributed by atoms with E-state index in [9.17, 15) is 5.11 Å². The van der Waals surface area contributed by atoms with Gasteiger partial charge in [-0.05, 0) is 12.3 Å². The molecule has 0 heterocycles. The summed E-state index contributed by atoms with van der Waals surface area (Å²) in [6, 6.07) is 0. The van der Waals surface area contributed by atoms with Gasteiger partial charge in [0.1, 0.15) is 0 Å². The van der Waals surface area contributed by atoms with Crippen LogP contribution in [0.5, 0.6) is 0 Å². The van der Waals surface area contributed by atoms with E-state index in [4.69, 9.17) is 0 Å². The summed E-state index contributed by atoms with van der Waals surface area (Å²) in [5.74, 6) is 0.316. The molecule has 0 aliphatic heterocycles. The van der Waals surface area contributed by atoms with Crippen molar-refractivity contribution in [2.24, 2.45) is 5.92 Å². The lowest BCUT2D eigenvalue weighted by atomic mass is 10.0. The lowest BCUT2D eigenvalue weighted by molar-refractivity contribution is 0.0405. The van der Waals surface area contributed by atoms with E-state index < -0.39 is 0 Å². The van der Waals surface area contributed by atoms with Crippen LogP contribution in [0.1, 0.15) is 52.9 Å². The molecule has 0 aromatic carbocycles. The lowest BCUT2D eigenvalue weighted by Crippen LogP contribution is -2.12. The Labute approximate surface area is 70.8 Å². The van der Waals surface area contributed by atoms with Gasteiger partial charge < -0.3 is 0 Å². The van der Waals surface area contributed by atoms with Crippen LogP contribution < -0.4 is 0 Å². The second-order valence-electron chi connectivity index (χ2n) is 3.63. The van der Waals surface area contributed by atoms with Crippen LogP contribution in [0.15, 0.2) is 0 Å². The van der Waals surface area contributed by atoms with Crippen LogP contribution in [-0.2, 0) is 5.11 Å². The quantitative estimate of drug-likeness (QED) is 0.526. The van der Waals surface area contributed by atoms with Gasteiger partial charge in [0.25, 0.3) is 0 Å². The molecule has 1 heteroatoms. The van der Waals surface area contributed by atoms with E-state index in [0.29, 0.717) is 5.92 Å². The summed E-state index contributed by atoms with van der Waals surface area (Å²) in [6.07, 6.45) is 5.45. The predicted octanol–water partition coefficient (Wildman–Crippen LogP) is 3.41. The predicted molar refractivity (Wildman–Crippen MR) is 48.1 cm³/mol. The number of rotatable bonds is 6. The van der Waals surface area contributed by atoms with Gasteiger partial charge >= 0.3 is 0 Å². The van der Waals surface area contributed by atoms with Crippen molar-refractivity contribution in [3.8, 4) is 0 Å². The van der Waals surface area contributed by atoms with Crippen LogP contribution in [0, 0.1) is 5.92 Å². The monoisotopic (exact) mass is 157 g/mol. The maximum Gasteiger partial charge on any atom is 0.0952 e. The number of hydrogen-bond acceptors (Lipinski definition) is 0. The Morgan fingerprint density at radius 1 is 1.09 bits per heavy atom. The first-order chi connectivity index (χ1) is 5.18. The van der Waals surface area contributed by atoms with Gasteiger partial charge in [-0.15, -0.1) is 0 Å². The van der Waals surface area contributed by atoms with Gasteiger partial charge in [0.2, 0.25) is 0 Å². The zero-order valence-corrected chi connectivity index (χ0v) is 8.10. The molecule has 11 heavy (non-hydrogen) atoms. The zero-order chi connectivity index (χ0) is 8.69. The third kappa shape index (κ3) is 6.36. The minimum atomic E-state index is -0.327. The van der Waals surface area contributed by atoms with Crippen LogP contribution >= 0.6 is 0 Å². The third-order valence-corrected chi connectivity index (χ3v) is 2.09. The molecule has 0 rings (SSSR count). The van der Waals surface area contributed by atoms with E-state index >= 15 is 0 Å². The Morgan fingerprint density at radius 2 is 1.73 bits per heavy atom. The molecule has 0 saturated carbocycles. The molecule has 0 aliphatic rings. The first kappa shape index (κ1) is 11.0. The van der Waals surface area contributed by atoms with Crippen LogP contribution in [0.2, 0.25) is 0 Å². The highest BCUT2D eigenvalue weighted by atomic mass is 16.3. The fraction of sp³-hybridized carbons (Fsp3) is 1.00. The maximum atomic E-state index is 11.2. The van der Waals surface area contributed by atoms with E-state index in [1.54, 1.807) is 0 Å². The smallest absolute Gasteiger partial charge is 0.0952 e. The Morgan fingerprint density at radius 3 is 2.18 bits per heavy atom. The van der Waals surface area contributed by atoms with Crippen LogP contribution in [0.3, 0.4) is 0 Å². The van der Waals surface area contributed by atoms with Crippen molar-refractivity contribution in [3.63, 3.8) is 0 Å². The zero-order valence-electron chi connectivity index (χ0n) is 8.10. The standard InChI is InChI=1S/C10H21O/c1-4-5-6-7-8-10(11)9(2)3/h9-10H,4-8H2,1-3H3. The summed E-state index contributed by atoms with van der Waals surface area (Å²) in [6.45, 7) is 6.21. The molecule has 0 saturated heterocycles. The number of hydrogen-bond donors (Lipinski definition) is 0. The van der Waals surface area contributed by atoms with E-state index in [0.717, 1.165) is 12.8 Å². The van der Waals surface area contributed by atoms with Crippen molar-refractivity contribution in [3.05, 3.63) is 0 Å². The van der Waals surface area contributed by atoms with Gasteiger partial charge in [-0.25, -0.2) is 5.11 Å². The highest BCUT2D eigenvalue weighted by molar-refractivity contribution is 4.58. The molecule has 0 amide bonds. The summed E-state index contributed by atoms with van der Waals surface area (Å²) >= 11 is 0. The summed E-state index contributed by atoms with van der Waals surface area (Å²) in [5, 5.41) is 11.2. The van der Waals surface area contributed by atoms with Crippen molar-refractivity contribution in [1.29, 1.82) is 0 Å². The molecule has 0 aliphatic carbocycles. The molecule has 0 fully saturated rings. The van der Waals surface area contributed by atoms with Crippen LogP contribution in [-0.4, -0.2) is 6.10 Å². The number of unbranched alkanes of at least 4 members (excludes halogenated alkanes) is 3. The Hall–Kier alpha value is -0.0400. The van der Waals surface area contributed by atoms with Crippen molar-refractivity contribution >= 4 is 0 Å². The van der Waals surface area contributed by atoms with Crippen molar-refractivity contribution in [2.45, 2.75) is 59.0 Å². The average molecular weight is 157 g/mol. The summed E-state index contributed by atoms with van der Waals surface area (Å²) in [5.41, 5.74) is 0. The first-order valence-corrected chi connectivity index (χ1v) is 4.84. The van der Waals surface area contributed by atoms with E-state index in [1.807, 2.05) is 13.8 Å². The first-order valence-electron chi connectivity index (χ1n) is 4.84. The molecule has 67 valence electrons. The molecule has 1 nitrogen and oxygen atoms in total. The SMILES string of the molecule is CCCCCCC([O])C(C)C. The van der Waals surface area contributed by atoms with Crippen molar-refractivity contribution in [1.82, 2.24) is 0 Å². The van der Waals surface area contributed by atoms with E-state index in [1.165, 1.54) is 19.3 Å². The third-order valence-electron chi connectivity index (χ3n) is 2.09. The van der Waals surface area contributed by atoms with Crippen molar-refractivity contribution < 1.29 is 5.11 Å². The molecule has 0 bridgehead atoms. The van der Waals surface area contributed by atoms with Gasteiger partial charge in [0, 0.05) is 0 Å². The van der Waals surface area contributed by atoms with E-state index in [-0.39, 0.29) is 6.10 Å². The van der Waals surface area contributed by atoms with Crippen LogP contribution in [0.4, 0.5) is 0 Å². The summed E-state index contributed by atoms with van der Waals surface area (Å²) in [4.78, 5) is 0. The van der Waals surface area contributed by atoms with Gasteiger partial charge in [-0.1, -0.05) is 46.5 Å². The van der Waals surface area contributed by atoms with Gasteiger partial charge in [-0.2, -0.15) is 0 Å². The Bertz CT molecular complexity index is 78.9.